The van der Waals surface area contributed by atoms with Gasteiger partial charge in [0.15, 0.2) is 0 Å². The lowest BCUT2D eigenvalue weighted by atomic mass is 10.1. The fourth-order valence-electron chi connectivity index (χ4n) is 2.07. The van der Waals surface area contributed by atoms with Gasteiger partial charge in [0.05, 0.1) is 0 Å². The van der Waals surface area contributed by atoms with Crippen molar-refractivity contribution in [1.82, 2.24) is 10.3 Å². The first-order valence-corrected chi connectivity index (χ1v) is 6.17. The van der Waals surface area contributed by atoms with Crippen molar-refractivity contribution in [2.75, 3.05) is 0 Å². The van der Waals surface area contributed by atoms with Gasteiger partial charge in [0.1, 0.15) is 6.04 Å². The lowest BCUT2D eigenvalue weighted by Gasteiger charge is -2.08. The summed E-state index contributed by atoms with van der Waals surface area (Å²) in [5.74, 6) is -0.830. The van der Waals surface area contributed by atoms with Crippen molar-refractivity contribution in [3.05, 3.63) is 35.5 Å². The zero-order chi connectivity index (χ0) is 13.1. The van der Waals surface area contributed by atoms with E-state index in [0.717, 1.165) is 17.5 Å². The molecule has 1 aromatic heterocycles. The van der Waals surface area contributed by atoms with Crippen LogP contribution in [0.2, 0.25) is 0 Å². The van der Waals surface area contributed by atoms with Gasteiger partial charge in [-0.2, -0.15) is 0 Å². The Kier molecular flexibility index (Phi) is 3.67. The number of aromatic nitrogens is 1. The number of carboxylic acids is 1. The Balaban J connectivity index is 2.22. The highest BCUT2D eigenvalue weighted by Gasteiger charge is 2.11. The number of para-hydroxylation sites is 1. The van der Waals surface area contributed by atoms with E-state index >= 15 is 0 Å². The van der Waals surface area contributed by atoms with Crippen LogP contribution in [0, 0.1) is 0 Å². The van der Waals surface area contributed by atoms with Gasteiger partial charge in [0, 0.05) is 23.6 Å². The molecule has 2 rings (SSSR count). The molecule has 0 bridgehead atoms. The number of carboxylic acid groups (broad SMARTS) is 1. The number of nitrogens with one attached hydrogen (secondary N) is 2. The highest BCUT2D eigenvalue weighted by Crippen LogP contribution is 2.22. The van der Waals surface area contributed by atoms with Crippen molar-refractivity contribution in [2.45, 2.75) is 32.9 Å². The molecule has 0 saturated carbocycles. The monoisotopic (exact) mass is 246 g/mol. The normalized spacial score (nSPS) is 12.8. The third-order valence-electron chi connectivity index (χ3n) is 3.24. The van der Waals surface area contributed by atoms with E-state index in [1.54, 1.807) is 6.92 Å². The molecule has 96 valence electrons. The molecular weight excluding hydrogens is 228 g/mol. The van der Waals surface area contributed by atoms with Gasteiger partial charge in [-0.3, -0.25) is 4.79 Å². The quantitative estimate of drug-likeness (QED) is 0.758. The maximum absolute atomic E-state index is 10.8. The van der Waals surface area contributed by atoms with E-state index in [-0.39, 0.29) is 0 Å². The second kappa shape index (κ2) is 5.23. The number of H-pyrrole nitrogens is 1. The Bertz CT molecular complexity index is 560. The smallest absolute Gasteiger partial charge is 0.320 e. The number of aromatic amines is 1. The zero-order valence-electron chi connectivity index (χ0n) is 10.7. The molecule has 0 saturated heterocycles. The topological polar surface area (TPSA) is 65.1 Å². The van der Waals surface area contributed by atoms with Crippen molar-refractivity contribution in [2.24, 2.45) is 0 Å². The van der Waals surface area contributed by atoms with Crippen molar-refractivity contribution in [1.29, 1.82) is 0 Å². The van der Waals surface area contributed by atoms with E-state index in [4.69, 9.17) is 5.11 Å². The Hall–Kier alpha value is -1.81. The second-order valence-electron chi connectivity index (χ2n) is 4.45. The minimum Gasteiger partial charge on any atom is -0.480 e. The number of rotatable bonds is 5. The van der Waals surface area contributed by atoms with Gasteiger partial charge in [-0.25, -0.2) is 0 Å². The van der Waals surface area contributed by atoms with Gasteiger partial charge >= 0.3 is 5.97 Å². The Morgan fingerprint density at radius 1 is 1.44 bits per heavy atom. The standard InChI is InChI=1S/C14H18N2O2/c1-3-10-5-4-6-12-11(8-16-13(10)12)7-15-9(2)14(17)18/h4-6,8-9,15-16H,3,7H2,1-2H3,(H,17,18). The van der Waals surface area contributed by atoms with Crippen LogP contribution >= 0.6 is 0 Å². The average molecular weight is 246 g/mol. The van der Waals surface area contributed by atoms with Crippen LogP contribution in [-0.2, 0) is 17.8 Å². The zero-order valence-corrected chi connectivity index (χ0v) is 10.7. The van der Waals surface area contributed by atoms with Gasteiger partial charge in [0.2, 0.25) is 0 Å². The minimum atomic E-state index is -0.830. The largest absolute Gasteiger partial charge is 0.480 e. The first-order chi connectivity index (χ1) is 8.63. The summed E-state index contributed by atoms with van der Waals surface area (Å²) in [6.45, 7) is 4.33. The highest BCUT2D eigenvalue weighted by molar-refractivity contribution is 5.86. The first-order valence-electron chi connectivity index (χ1n) is 6.17. The lowest BCUT2D eigenvalue weighted by Crippen LogP contribution is -2.32. The summed E-state index contributed by atoms with van der Waals surface area (Å²) in [6, 6.07) is 5.67. The summed E-state index contributed by atoms with van der Waals surface area (Å²) in [7, 11) is 0. The number of carbonyl (C=O) groups is 1. The number of benzene rings is 1. The number of hydrogen-bond donors (Lipinski definition) is 3. The van der Waals surface area contributed by atoms with Gasteiger partial charge in [-0.15, -0.1) is 0 Å². The molecule has 18 heavy (non-hydrogen) atoms. The van der Waals surface area contributed by atoms with Gasteiger partial charge in [-0.1, -0.05) is 25.1 Å². The van der Waals surface area contributed by atoms with Gasteiger partial charge < -0.3 is 15.4 Å². The van der Waals surface area contributed by atoms with E-state index in [2.05, 4.69) is 29.4 Å². The van der Waals surface area contributed by atoms with Crippen LogP contribution in [-0.4, -0.2) is 22.1 Å². The summed E-state index contributed by atoms with van der Waals surface area (Å²) >= 11 is 0. The molecule has 4 nitrogen and oxygen atoms in total. The van der Waals surface area contributed by atoms with Crippen molar-refractivity contribution in [3.63, 3.8) is 0 Å². The van der Waals surface area contributed by atoms with Crippen LogP contribution in [0.1, 0.15) is 25.0 Å². The summed E-state index contributed by atoms with van der Waals surface area (Å²) in [6.07, 6.45) is 2.93. The Morgan fingerprint density at radius 3 is 2.89 bits per heavy atom. The molecule has 1 unspecified atom stereocenters. The minimum absolute atomic E-state index is 0.538. The average Bonchev–Trinajstić information content (AvgIpc) is 2.78. The highest BCUT2D eigenvalue weighted by atomic mass is 16.4. The molecule has 2 aromatic rings. The third-order valence-corrected chi connectivity index (χ3v) is 3.24. The molecule has 1 atom stereocenters. The van der Waals surface area contributed by atoms with Crippen LogP contribution in [0.4, 0.5) is 0 Å². The van der Waals surface area contributed by atoms with Crippen LogP contribution < -0.4 is 5.32 Å². The molecule has 0 radical (unpaired) electrons. The van der Waals surface area contributed by atoms with Crippen LogP contribution in [0.3, 0.4) is 0 Å². The fraction of sp³-hybridized carbons (Fsp3) is 0.357. The third kappa shape index (κ3) is 2.38. The van der Waals surface area contributed by atoms with Gasteiger partial charge in [-0.05, 0) is 24.5 Å². The molecule has 4 heteroatoms. The number of aryl methyl sites for hydroxylation is 1. The maximum Gasteiger partial charge on any atom is 0.320 e. The maximum atomic E-state index is 10.8. The predicted molar refractivity (Wildman–Crippen MR) is 71.6 cm³/mol. The van der Waals surface area contributed by atoms with E-state index in [9.17, 15) is 4.79 Å². The van der Waals surface area contributed by atoms with Crippen molar-refractivity contribution in [3.8, 4) is 0 Å². The molecule has 1 heterocycles. The van der Waals surface area contributed by atoms with Crippen molar-refractivity contribution >= 4 is 16.9 Å². The number of aliphatic carboxylic acids is 1. The van der Waals surface area contributed by atoms with Gasteiger partial charge in [0.25, 0.3) is 0 Å². The van der Waals surface area contributed by atoms with Crippen LogP contribution in [0.15, 0.2) is 24.4 Å². The molecule has 0 spiro atoms. The van der Waals surface area contributed by atoms with E-state index < -0.39 is 12.0 Å². The van der Waals surface area contributed by atoms with E-state index in [1.165, 1.54) is 10.9 Å². The fourth-order valence-corrected chi connectivity index (χ4v) is 2.07. The molecule has 3 N–H and O–H groups in total. The van der Waals surface area contributed by atoms with Crippen LogP contribution in [0.5, 0.6) is 0 Å². The van der Waals surface area contributed by atoms with E-state index in [0.29, 0.717) is 6.54 Å². The summed E-state index contributed by atoms with van der Waals surface area (Å²) < 4.78 is 0. The molecule has 0 aliphatic carbocycles. The predicted octanol–water partition coefficient (Wildman–Crippen LogP) is 2.29. The summed E-state index contributed by atoms with van der Waals surface area (Å²) in [5.41, 5.74) is 3.54. The molecule has 0 amide bonds. The Morgan fingerprint density at radius 2 is 2.22 bits per heavy atom. The summed E-state index contributed by atoms with van der Waals surface area (Å²) in [4.78, 5) is 14.0. The van der Waals surface area contributed by atoms with Crippen molar-refractivity contribution < 1.29 is 9.90 Å². The molecular formula is C14H18N2O2. The molecule has 1 aromatic carbocycles. The summed E-state index contributed by atoms with van der Waals surface area (Å²) in [5, 5.41) is 13.0. The van der Waals surface area contributed by atoms with E-state index in [1.807, 2.05) is 12.3 Å². The number of hydrogen-bond acceptors (Lipinski definition) is 2. The second-order valence-corrected chi connectivity index (χ2v) is 4.45. The Labute approximate surface area is 106 Å². The lowest BCUT2D eigenvalue weighted by molar-refractivity contribution is -0.139. The first kappa shape index (κ1) is 12.6. The molecule has 0 aliphatic rings. The van der Waals surface area contributed by atoms with Crippen LogP contribution in [0.25, 0.3) is 10.9 Å². The SMILES string of the molecule is CCc1cccc2c(CNC(C)C(=O)O)c[nH]c12. The number of fused-ring (bicyclic) bond motifs is 1. The molecule has 0 aliphatic heterocycles. The molecule has 0 fully saturated rings.